The van der Waals surface area contributed by atoms with Gasteiger partial charge in [0.15, 0.2) is 0 Å². The van der Waals surface area contributed by atoms with Crippen LogP contribution in [0.3, 0.4) is 0 Å². The second-order valence-electron chi connectivity index (χ2n) is 4.13. The van der Waals surface area contributed by atoms with E-state index in [1.54, 1.807) is 4.90 Å². The van der Waals surface area contributed by atoms with E-state index < -0.39 is 0 Å². The maximum Gasteiger partial charge on any atom is 0.239 e. The molecule has 1 heterocycles. The summed E-state index contributed by atoms with van der Waals surface area (Å²) in [5.41, 5.74) is 5.67. The van der Waals surface area contributed by atoms with E-state index in [9.17, 15) is 9.90 Å². The number of hydrogen-bond acceptors (Lipinski definition) is 3. The van der Waals surface area contributed by atoms with Crippen molar-refractivity contribution < 1.29 is 9.90 Å². The Kier molecular flexibility index (Phi) is 3.89. The highest BCUT2D eigenvalue weighted by Crippen LogP contribution is 2.17. The van der Waals surface area contributed by atoms with Gasteiger partial charge in [0.05, 0.1) is 12.1 Å². The first kappa shape index (κ1) is 11.5. The molecule has 0 aromatic rings. The van der Waals surface area contributed by atoms with E-state index in [2.05, 4.69) is 0 Å². The van der Waals surface area contributed by atoms with E-state index in [-0.39, 0.29) is 24.0 Å². The molecular formula is C10H20N2O2. The molecule has 82 valence electrons. The Balaban J connectivity index is 2.50. The Labute approximate surface area is 85.1 Å². The van der Waals surface area contributed by atoms with Crippen LogP contribution in [0.5, 0.6) is 0 Å². The fraction of sp³-hybridized carbons (Fsp3) is 0.900. The summed E-state index contributed by atoms with van der Waals surface area (Å²) in [7, 11) is 0. The minimum Gasteiger partial charge on any atom is -0.393 e. The van der Waals surface area contributed by atoms with E-state index in [0.717, 1.165) is 0 Å². The lowest BCUT2D eigenvalue weighted by Crippen LogP contribution is -2.50. The van der Waals surface area contributed by atoms with Crippen molar-refractivity contribution in [3.63, 3.8) is 0 Å². The van der Waals surface area contributed by atoms with Crippen LogP contribution in [0.4, 0.5) is 0 Å². The number of aliphatic hydroxyl groups excluding tert-OH is 1. The van der Waals surface area contributed by atoms with Gasteiger partial charge >= 0.3 is 0 Å². The van der Waals surface area contributed by atoms with Crippen LogP contribution in [0.2, 0.25) is 0 Å². The molecule has 0 saturated carbocycles. The van der Waals surface area contributed by atoms with Crippen LogP contribution in [0.25, 0.3) is 0 Å². The van der Waals surface area contributed by atoms with Gasteiger partial charge in [-0.15, -0.1) is 0 Å². The lowest BCUT2D eigenvalue weighted by molar-refractivity contribution is -0.136. The largest absolute Gasteiger partial charge is 0.393 e. The predicted molar refractivity (Wildman–Crippen MR) is 54.6 cm³/mol. The average molecular weight is 200 g/mol. The van der Waals surface area contributed by atoms with Crippen molar-refractivity contribution in [1.82, 2.24) is 4.90 Å². The molecule has 1 aliphatic rings. The Hall–Kier alpha value is -0.610. The quantitative estimate of drug-likeness (QED) is 0.657. The van der Waals surface area contributed by atoms with Crippen LogP contribution in [-0.2, 0) is 4.79 Å². The van der Waals surface area contributed by atoms with Gasteiger partial charge in [0, 0.05) is 13.1 Å². The lowest BCUT2D eigenvalue weighted by atomic mass is 9.96. The summed E-state index contributed by atoms with van der Waals surface area (Å²) in [6.07, 6.45) is 1.08. The Morgan fingerprint density at radius 3 is 2.86 bits per heavy atom. The third kappa shape index (κ3) is 2.45. The second-order valence-corrected chi connectivity index (χ2v) is 4.13. The molecule has 2 unspecified atom stereocenters. The molecule has 1 saturated heterocycles. The molecule has 1 aliphatic heterocycles. The SMILES string of the molecule is CC[C@H](N)C(=O)N1CCC(O)C(C)C1. The first-order valence-electron chi connectivity index (χ1n) is 5.28. The summed E-state index contributed by atoms with van der Waals surface area (Å²) in [5.74, 6) is 0.183. The first-order valence-corrected chi connectivity index (χ1v) is 5.28. The van der Waals surface area contributed by atoms with Crippen molar-refractivity contribution >= 4 is 5.91 Å². The molecule has 0 aromatic carbocycles. The van der Waals surface area contributed by atoms with Crippen molar-refractivity contribution in [2.24, 2.45) is 11.7 Å². The van der Waals surface area contributed by atoms with Crippen molar-refractivity contribution in [3.05, 3.63) is 0 Å². The molecular weight excluding hydrogens is 180 g/mol. The van der Waals surface area contributed by atoms with Gasteiger partial charge in [0.2, 0.25) is 5.91 Å². The number of piperidine rings is 1. The fourth-order valence-electron chi connectivity index (χ4n) is 1.74. The number of nitrogens with zero attached hydrogens (tertiary/aromatic N) is 1. The fourth-order valence-corrected chi connectivity index (χ4v) is 1.74. The summed E-state index contributed by atoms with van der Waals surface area (Å²) < 4.78 is 0. The zero-order chi connectivity index (χ0) is 10.7. The van der Waals surface area contributed by atoms with Gasteiger partial charge in [-0.2, -0.15) is 0 Å². The predicted octanol–water partition coefficient (Wildman–Crippen LogP) is -0.0470. The van der Waals surface area contributed by atoms with Crippen LogP contribution >= 0.6 is 0 Å². The number of aliphatic hydroxyl groups is 1. The zero-order valence-electron chi connectivity index (χ0n) is 8.94. The standard InChI is InChI=1S/C10H20N2O2/c1-3-8(11)10(14)12-5-4-9(13)7(2)6-12/h7-9,13H,3-6,11H2,1-2H3/t7?,8-,9?/m0/s1. The minimum absolute atomic E-state index is 0.0197. The minimum atomic E-state index is -0.377. The molecule has 0 aliphatic carbocycles. The third-order valence-corrected chi connectivity index (χ3v) is 2.93. The van der Waals surface area contributed by atoms with Gasteiger partial charge in [-0.1, -0.05) is 13.8 Å². The Bertz CT molecular complexity index is 208. The molecule has 3 atom stereocenters. The van der Waals surface area contributed by atoms with E-state index in [1.807, 2.05) is 13.8 Å². The lowest BCUT2D eigenvalue weighted by Gasteiger charge is -2.35. The molecule has 0 aromatic heterocycles. The third-order valence-electron chi connectivity index (χ3n) is 2.93. The smallest absolute Gasteiger partial charge is 0.239 e. The number of hydrogen-bond donors (Lipinski definition) is 2. The summed E-state index contributed by atoms with van der Waals surface area (Å²) in [5, 5.41) is 9.50. The van der Waals surface area contributed by atoms with Crippen LogP contribution in [-0.4, -0.2) is 41.1 Å². The topological polar surface area (TPSA) is 66.6 Å². The highest BCUT2D eigenvalue weighted by atomic mass is 16.3. The van der Waals surface area contributed by atoms with E-state index in [4.69, 9.17) is 5.73 Å². The summed E-state index contributed by atoms with van der Waals surface area (Å²) in [4.78, 5) is 13.5. The molecule has 1 fully saturated rings. The molecule has 1 amide bonds. The highest BCUT2D eigenvalue weighted by Gasteiger charge is 2.28. The van der Waals surface area contributed by atoms with Crippen molar-refractivity contribution in [2.45, 2.75) is 38.8 Å². The van der Waals surface area contributed by atoms with Crippen molar-refractivity contribution in [1.29, 1.82) is 0 Å². The molecule has 14 heavy (non-hydrogen) atoms. The Morgan fingerprint density at radius 1 is 1.71 bits per heavy atom. The molecule has 4 nitrogen and oxygen atoms in total. The number of amides is 1. The van der Waals surface area contributed by atoms with E-state index in [0.29, 0.717) is 25.9 Å². The molecule has 3 N–H and O–H groups in total. The van der Waals surface area contributed by atoms with Gasteiger partial charge in [-0.05, 0) is 18.8 Å². The number of rotatable bonds is 2. The van der Waals surface area contributed by atoms with E-state index >= 15 is 0 Å². The average Bonchev–Trinajstić information content (AvgIpc) is 2.20. The molecule has 0 bridgehead atoms. The van der Waals surface area contributed by atoms with E-state index in [1.165, 1.54) is 0 Å². The van der Waals surface area contributed by atoms with Gasteiger partial charge < -0.3 is 15.7 Å². The number of likely N-dealkylation sites (tertiary alicyclic amines) is 1. The summed E-state index contributed by atoms with van der Waals surface area (Å²) in [6, 6.07) is -0.377. The molecule has 0 spiro atoms. The molecule has 4 heteroatoms. The van der Waals surface area contributed by atoms with Gasteiger partial charge in [-0.25, -0.2) is 0 Å². The maximum atomic E-state index is 11.7. The zero-order valence-corrected chi connectivity index (χ0v) is 8.94. The monoisotopic (exact) mass is 200 g/mol. The maximum absolute atomic E-state index is 11.7. The molecule has 1 rings (SSSR count). The van der Waals surface area contributed by atoms with Crippen molar-refractivity contribution in [2.75, 3.05) is 13.1 Å². The normalized spacial score (nSPS) is 30.1. The summed E-state index contributed by atoms with van der Waals surface area (Å²) in [6.45, 7) is 5.14. The van der Waals surface area contributed by atoms with Crippen molar-refractivity contribution in [3.8, 4) is 0 Å². The van der Waals surface area contributed by atoms with Gasteiger partial charge in [0.25, 0.3) is 0 Å². The number of carbonyl (C=O) groups excluding carboxylic acids is 1. The van der Waals surface area contributed by atoms with Crippen LogP contribution in [0.15, 0.2) is 0 Å². The Morgan fingerprint density at radius 2 is 2.36 bits per heavy atom. The highest BCUT2D eigenvalue weighted by molar-refractivity contribution is 5.81. The van der Waals surface area contributed by atoms with Crippen LogP contribution in [0.1, 0.15) is 26.7 Å². The van der Waals surface area contributed by atoms with Gasteiger partial charge in [-0.3, -0.25) is 4.79 Å². The summed E-state index contributed by atoms with van der Waals surface area (Å²) >= 11 is 0. The molecule has 0 radical (unpaired) electrons. The number of nitrogens with two attached hydrogens (primary N) is 1. The second kappa shape index (κ2) is 4.75. The van der Waals surface area contributed by atoms with Gasteiger partial charge in [0.1, 0.15) is 0 Å². The van der Waals surface area contributed by atoms with Crippen LogP contribution < -0.4 is 5.73 Å². The number of carbonyl (C=O) groups is 1. The first-order chi connectivity index (χ1) is 6.56. The van der Waals surface area contributed by atoms with Crippen LogP contribution in [0, 0.1) is 5.92 Å².